The first-order valence-corrected chi connectivity index (χ1v) is 8.01. The maximum atomic E-state index is 12.4. The lowest BCUT2D eigenvalue weighted by Crippen LogP contribution is -2.28. The molecule has 4 nitrogen and oxygen atoms in total. The number of rotatable bonds is 3. The van der Waals surface area contributed by atoms with E-state index in [2.05, 4.69) is 16.8 Å². The van der Waals surface area contributed by atoms with Gasteiger partial charge in [-0.15, -0.1) is 0 Å². The number of anilines is 1. The SMILES string of the molecule is CN1CCCN(c2ccc(S(=O)(=O)C(F)F)cc2)CC1. The van der Waals surface area contributed by atoms with E-state index in [9.17, 15) is 17.2 Å². The molecule has 1 aliphatic heterocycles. The molecule has 0 aliphatic carbocycles. The Morgan fingerprint density at radius 1 is 1.05 bits per heavy atom. The van der Waals surface area contributed by atoms with Crippen LogP contribution in [-0.4, -0.2) is 52.3 Å². The van der Waals surface area contributed by atoms with E-state index < -0.39 is 15.6 Å². The zero-order valence-electron chi connectivity index (χ0n) is 11.3. The summed E-state index contributed by atoms with van der Waals surface area (Å²) in [7, 11) is -2.44. The second-order valence-electron chi connectivity index (χ2n) is 4.94. The number of benzene rings is 1. The summed E-state index contributed by atoms with van der Waals surface area (Å²) in [4.78, 5) is 4.04. The fourth-order valence-corrected chi connectivity index (χ4v) is 2.98. The molecular weight excluding hydrogens is 286 g/mol. The first-order valence-electron chi connectivity index (χ1n) is 6.47. The zero-order chi connectivity index (χ0) is 14.8. The van der Waals surface area contributed by atoms with Crippen molar-refractivity contribution in [3.8, 4) is 0 Å². The fourth-order valence-electron chi connectivity index (χ4n) is 2.25. The predicted octanol–water partition coefficient (Wildman–Crippen LogP) is 1.82. The summed E-state index contributed by atoms with van der Waals surface area (Å²) < 4.78 is 47.6. The fraction of sp³-hybridized carbons (Fsp3) is 0.538. The number of nitrogens with zero attached hydrogens (tertiary/aromatic N) is 2. The Hall–Kier alpha value is -1.21. The number of sulfone groups is 1. The van der Waals surface area contributed by atoms with Crippen molar-refractivity contribution < 1.29 is 17.2 Å². The lowest BCUT2D eigenvalue weighted by Gasteiger charge is -2.23. The molecule has 0 aromatic heterocycles. The van der Waals surface area contributed by atoms with E-state index >= 15 is 0 Å². The summed E-state index contributed by atoms with van der Waals surface area (Å²) >= 11 is 0. The van der Waals surface area contributed by atoms with Crippen LogP contribution in [0.1, 0.15) is 6.42 Å². The van der Waals surface area contributed by atoms with Crippen molar-refractivity contribution in [3.05, 3.63) is 24.3 Å². The molecule has 1 heterocycles. The van der Waals surface area contributed by atoms with Gasteiger partial charge in [0.1, 0.15) is 0 Å². The van der Waals surface area contributed by atoms with E-state index in [0.717, 1.165) is 38.3 Å². The van der Waals surface area contributed by atoms with Crippen LogP contribution in [0.15, 0.2) is 29.2 Å². The molecule has 0 spiro atoms. The van der Waals surface area contributed by atoms with E-state index in [0.29, 0.717) is 0 Å². The van der Waals surface area contributed by atoms with Gasteiger partial charge in [-0.3, -0.25) is 0 Å². The molecule has 2 rings (SSSR count). The Bertz CT molecular complexity index is 546. The molecule has 0 amide bonds. The smallest absolute Gasteiger partial charge is 0.341 e. The molecule has 20 heavy (non-hydrogen) atoms. The quantitative estimate of drug-likeness (QED) is 0.854. The van der Waals surface area contributed by atoms with Crippen LogP contribution in [-0.2, 0) is 9.84 Å². The molecule has 112 valence electrons. The predicted molar refractivity (Wildman–Crippen MR) is 74.0 cm³/mol. The van der Waals surface area contributed by atoms with Crippen LogP contribution in [0.2, 0.25) is 0 Å². The van der Waals surface area contributed by atoms with Gasteiger partial charge < -0.3 is 9.80 Å². The van der Waals surface area contributed by atoms with Gasteiger partial charge in [0.05, 0.1) is 4.90 Å². The van der Waals surface area contributed by atoms with E-state index in [1.54, 1.807) is 12.1 Å². The molecule has 0 saturated carbocycles. The molecular formula is C13H18F2N2O2S. The Morgan fingerprint density at radius 2 is 1.70 bits per heavy atom. The summed E-state index contributed by atoms with van der Waals surface area (Å²) in [5.41, 5.74) is 0.869. The average molecular weight is 304 g/mol. The molecule has 0 atom stereocenters. The molecule has 0 N–H and O–H groups in total. The van der Waals surface area contributed by atoms with Gasteiger partial charge in [-0.2, -0.15) is 8.78 Å². The van der Waals surface area contributed by atoms with Crippen LogP contribution in [0.25, 0.3) is 0 Å². The number of alkyl halides is 2. The highest BCUT2D eigenvalue weighted by atomic mass is 32.2. The third-order valence-corrected chi connectivity index (χ3v) is 4.88. The third-order valence-electron chi connectivity index (χ3n) is 3.48. The summed E-state index contributed by atoms with van der Waals surface area (Å²) in [6, 6.07) is 5.71. The highest BCUT2D eigenvalue weighted by Gasteiger charge is 2.26. The normalized spacial score (nSPS) is 18.3. The lowest BCUT2D eigenvalue weighted by molar-refractivity contribution is 0.234. The Kier molecular flexibility index (Phi) is 4.59. The van der Waals surface area contributed by atoms with Crippen LogP contribution < -0.4 is 4.90 Å². The summed E-state index contributed by atoms with van der Waals surface area (Å²) in [5.74, 6) is -3.37. The first kappa shape index (κ1) is 15.2. The minimum absolute atomic E-state index is 0.330. The van der Waals surface area contributed by atoms with E-state index in [-0.39, 0.29) is 4.90 Å². The monoisotopic (exact) mass is 304 g/mol. The number of hydrogen-bond acceptors (Lipinski definition) is 4. The molecule has 0 bridgehead atoms. The second-order valence-corrected chi connectivity index (χ2v) is 6.86. The Labute approximate surface area is 117 Å². The summed E-state index contributed by atoms with van der Waals surface area (Å²) in [6.45, 7) is 3.67. The van der Waals surface area contributed by atoms with Gasteiger partial charge in [0, 0.05) is 25.3 Å². The molecule has 0 unspecified atom stereocenters. The summed E-state index contributed by atoms with van der Waals surface area (Å²) in [6.07, 6.45) is 1.02. The van der Waals surface area contributed by atoms with Crippen molar-refractivity contribution in [2.24, 2.45) is 0 Å². The minimum Gasteiger partial charge on any atom is -0.370 e. The van der Waals surface area contributed by atoms with Crippen molar-refractivity contribution in [1.29, 1.82) is 0 Å². The maximum Gasteiger partial charge on any atom is 0.341 e. The number of likely N-dealkylation sites (N-methyl/N-ethyl adjacent to an activating group) is 1. The van der Waals surface area contributed by atoms with Crippen molar-refractivity contribution >= 4 is 15.5 Å². The number of hydrogen-bond donors (Lipinski definition) is 0. The van der Waals surface area contributed by atoms with Crippen molar-refractivity contribution in [1.82, 2.24) is 4.90 Å². The molecule has 1 saturated heterocycles. The van der Waals surface area contributed by atoms with Crippen LogP contribution >= 0.6 is 0 Å². The molecule has 1 fully saturated rings. The molecule has 0 radical (unpaired) electrons. The highest BCUT2D eigenvalue weighted by Crippen LogP contribution is 2.22. The van der Waals surface area contributed by atoms with Gasteiger partial charge in [-0.1, -0.05) is 0 Å². The maximum absolute atomic E-state index is 12.4. The van der Waals surface area contributed by atoms with E-state index in [1.165, 1.54) is 12.1 Å². The zero-order valence-corrected chi connectivity index (χ0v) is 12.1. The number of halogens is 2. The van der Waals surface area contributed by atoms with Gasteiger partial charge in [0.2, 0.25) is 9.84 Å². The highest BCUT2D eigenvalue weighted by molar-refractivity contribution is 7.91. The summed E-state index contributed by atoms with van der Waals surface area (Å²) in [5, 5.41) is 0. The largest absolute Gasteiger partial charge is 0.370 e. The Balaban J connectivity index is 2.16. The van der Waals surface area contributed by atoms with E-state index in [4.69, 9.17) is 0 Å². The molecule has 1 aromatic rings. The minimum atomic E-state index is -4.50. The van der Waals surface area contributed by atoms with Gasteiger partial charge in [-0.25, -0.2) is 8.42 Å². The Morgan fingerprint density at radius 3 is 2.30 bits per heavy atom. The standard InChI is InChI=1S/C13H18F2N2O2S/c1-16-7-2-8-17(10-9-16)11-3-5-12(6-4-11)20(18,19)13(14)15/h3-6,13H,2,7-10H2,1H3. The molecule has 7 heteroatoms. The third kappa shape index (κ3) is 3.27. The van der Waals surface area contributed by atoms with Crippen molar-refractivity contribution in [2.75, 3.05) is 38.1 Å². The van der Waals surface area contributed by atoms with Crippen LogP contribution in [0, 0.1) is 0 Å². The van der Waals surface area contributed by atoms with Gasteiger partial charge in [-0.05, 0) is 44.3 Å². The van der Waals surface area contributed by atoms with Crippen LogP contribution in [0.5, 0.6) is 0 Å². The second kappa shape index (κ2) is 6.05. The van der Waals surface area contributed by atoms with Gasteiger partial charge >= 0.3 is 5.76 Å². The van der Waals surface area contributed by atoms with Crippen LogP contribution in [0.4, 0.5) is 14.5 Å². The lowest BCUT2D eigenvalue weighted by atomic mass is 10.2. The van der Waals surface area contributed by atoms with Crippen molar-refractivity contribution in [3.63, 3.8) is 0 Å². The average Bonchev–Trinajstić information content (AvgIpc) is 2.63. The first-order chi connectivity index (χ1) is 9.41. The van der Waals surface area contributed by atoms with Gasteiger partial charge in [0.25, 0.3) is 0 Å². The van der Waals surface area contributed by atoms with Crippen LogP contribution in [0.3, 0.4) is 0 Å². The van der Waals surface area contributed by atoms with Gasteiger partial charge in [0.15, 0.2) is 0 Å². The molecule has 1 aromatic carbocycles. The van der Waals surface area contributed by atoms with E-state index in [1.807, 2.05) is 0 Å². The molecule has 1 aliphatic rings. The van der Waals surface area contributed by atoms with Crippen molar-refractivity contribution in [2.45, 2.75) is 17.1 Å². The topological polar surface area (TPSA) is 40.6 Å².